The summed E-state index contributed by atoms with van der Waals surface area (Å²) in [7, 11) is 0. The Labute approximate surface area is 119 Å². The van der Waals surface area contributed by atoms with Crippen molar-refractivity contribution in [2.45, 2.75) is 13.5 Å². The van der Waals surface area contributed by atoms with Crippen molar-refractivity contribution in [3.05, 3.63) is 34.5 Å². The highest BCUT2D eigenvalue weighted by molar-refractivity contribution is 7.21. The van der Waals surface area contributed by atoms with Gasteiger partial charge in [0.15, 0.2) is 0 Å². The molecular formula is C14H16FNO3S. The van der Waals surface area contributed by atoms with Gasteiger partial charge in [-0.1, -0.05) is 13.0 Å². The van der Waals surface area contributed by atoms with Crippen LogP contribution in [0.25, 0.3) is 10.1 Å². The zero-order valence-electron chi connectivity index (χ0n) is 11.0. The molecule has 0 amide bonds. The SMILES string of the molecule is CC(CO)CNCc1c(C(=O)O)sc2cccc(F)c12. The van der Waals surface area contributed by atoms with Gasteiger partial charge in [-0.15, -0.1) is 11.3 Å². The van der Waals surface area contributed by atoms with Gasteiger partial charge in [0.25, 0.3) is 0 Å². The predicted molar refractivity (Wildman–Crippen MR) is 76.7 cm³/mol. The molecule has 3 N–H and O–H groups in total. The molecule has 6 heteroatoms. The van der Waals surface area contributed by atoms with E-state index in [4.69, 9.17) is 5.11 Å². The fourth-order valence-electron chi connectivity index (χ4n) is 2.02. The van der Waals surface area contributed by atoms with E-state index in [1.54, 1.807) is 12.1 Å². The molecule has 1 atom stereocenters. The smallest absolute Gasteiger partial charge is 0.346 e. The van der Waals surface area contributed by atoms with Crippen LogP contribution in [0.2, 0.25) is 0 Å². The standard InChI is InChI=1S/C14H16FNO3S/c1-8(7-17)5-16-6-9-12-10(15)3-2-4-11(12)20-13(9)14(18)19/h2-4,8,16-17H,5-7H2,1H3,(H,18,19). The Morgan fingerprint density at radius 1 is 1.50 bits per heavy atom. The van der Waals surface area contributed by atoms with Gasteiger partial charge in [0, 0.05) is 35.3 Å². The summed E-state index contributed by atoms with van der Waals surface area (Å²) < 4.78 is 14.6. The van der Waals surface area contributed by atoms with Crippen LogP contribution in [0.15, 0.2) is 18.2 Å². The zero-order valence-corrected chi connectivity index (χ0v) is 11.8. The number of carboxylic acids is 1. The van der Waals surface area contributed by atoms with Crippen molar-refractivity contribution in [1.82, 2.24) is 5.32 Å². The molecule has 0 aliphatic heterocycles. The minimum Gasteiger partial charge on any atom is -0.477 e. The highest BCUT2D eigenvalue weighted by atomic mass is 32.1. The molecule has 108 valence electrons. The van der Waals surface area contributed by atoms with Crippen molar-refractivity contribution < 1.29 is 19.4 Å². The number of hydrogen-bond donors (Lipinski definition) is 3. The number of rotatable bonds is 6. The van der Waals surface area contributed by atoms with Crippen molar-refractivity contribution >= 4 is 27.4 Å². The van der Waals surface area contributed by atoms with E-state index in [2.05, 4.69) is 5.32 Å². The number of thiophene rings is 1. The fourth-order valence-corrected chi connectivity index (χ4v) is 3.09. The highest BCUT2D eigenvalue weighted by Gasteiger charge is 2.19. The van der Waals surface area contributed by atoms with E-state index < -0.39 is 11.8 Å². The Morgan fingerprint density at radius 2 is 2.25 bits per heavy atom. The molecule has 2 aromatic rings. The molecule has 1 aromatic carbocycles. The topological polar surface area (TPSA) is 69.6 Å². The normalized spacial score (nSPS) is 12.8. The van der Waals surface area contributed by atoms with Crippen LogP contribution in [0.4, 0.5) is 4.39 Å². The third kappa shape index (κ3) is 2.98. The summed E-state index contributed by atoms with van der Waals surface area (Å²) in [6.07, 6.45) is 0. The van der Waals surface area contributed by atoms with Crippen LogP contribution >= 0.6 is 11.3 Å². The summed E-state index contributed by atoms with van der Waals surface area (Å²) >= 11 is 1.08. The Bertz CT molecular complexity index is 626. The molecule has 1 unspecified atom stereocenters. The lowest BCUT2D eigenvalue weighted by molar-refractivity contribution is 0.0701. The molecule has 0 radical (unpaired) electrons. The van der Waals surface area contributed by atoms with Crippen LogP contribution in [0.1, 0.15) is 22.2 Å². The molecule has 0 saturated carbocycles. The molecule has 0 aliphatic carbocycles. The first kappa shape index (κ1) is 14.9. The predicted octanol–water partition coefficient (Wildman–Crippen LogP) is 2.46. The van der Waals surface area contributed by atoms with Crippen LogP contribution in [-0.2, 0) is 6.54 Å². The molecule has 2 rings (SSSR count). The van der Waals surface area contributed by atoms with Crippen LogP contribution in [0, 0.1) is 11.7 Å². The maximum atomic E-state index is 13.9. The van der Waals surface area contributed by atoms with Gasteiger partial charge in [-0.05, 0) is 18.1 Å². The molecular weight excluding hydrogens is 281 g/mol. The molecule has 20 heavy (non-hydrogen) atoms. The summed E-state index contributed by atoms with van der Waals surface area (Å²) in [4.78, 5) is 11.4. The summed E-state index contributed by atoms with van der Waals surface area (Å²) in [5, 5.41) is 21.6. The monoisotopic (exact) mass is 297 g/mol. The van der Waals surface area contributed by atoms with Gasteiger partial charge in [-0.2, -0.15) is 0 Å². The average Bonchev–Trinajstić information content (AvgIpc) is 2.79. The van der Waals surface area contributed by atoms with Crippen LogP contribution < -0.4 is 5.32 Å². The number of benzene rings is 1. The first-order chi connectivity index (χ1) is 9.54. The Balaban J connectivity index is 2.34. The number of fused-ring (bicyclic) bond motifs is 1. The Morgan fingerprint density at radius 3 is 2.90 bits per heavy atom. The lowest BCUT2D eigenvalue weighted by atomic mass is 10.1. The maximum Gasteiger partial charge on any atom is 0.346 e. The number of nitrogens with one attached hydrogen (secondary N) is 1. The van der Waals surface area contributed by atoms with Gasteiger partial charge >= 0.3 is 5.97 Å². The number of carbonyl (C=O) groups is 1. The third-order valence-electron chi connectivity index (χ3n) is 3.06. The number of aliphatic hydroxyl groups is 1. The summed E-state index contributed by atoms with van der Waals surface area (Å²) in [5.74, 6) is -1.38. The van der Waals surface area contributed by atoms with E-state index in [0.717, 1.165) is 11.3 Å². The van der Waals surface area contributed by atoms with Crippen molar-refractivity contribution in [3.8, 4) is 0 Å². The molecule has 0 bridgehead atoms. The molecule has 0 spiro atoms. The Hall–Kier alpha value is -1.50. The van der Waals surface area contributed by atoms with E-state index in [1.807, 2.05) is 6.92 Å². The third-order valence-corrected chi connectivity index (χ3v) is 4.25. The number of hydrogen-bond acceptors (Lipinski definition) is 4. The van der Waals surface area contributed by atoms with Gasteiger partial charge in [-0.25, -0.2) is 9.18 Å². The number of aliphatic hydroxyl groups excluding tert-OH is 1. The van der Waals surface area contributed by atoms with Crippen LogP contribution in [0.5, 0.6) is 0 Å². The van der Waals surface area contributed by atoms with E-state index in [9.17, 15) is 14.3 Å². The number of carboxylic acid groups (broad SMARTS) is 1. The fraction of sp³-hybridized carbons (Fsp3) is 0.357. The average molecular weight is 297 g/mol. The van der Waals surface area contributed by atoms with Crippen LogP contribution in [0.3, 0.4) is 0 Å². The summed E-state index contributed by atoms with van der Waals surface area (Å²) in [6, 6.07) is 4.63. The summed E-state index contributed by atoms with van der Waals surface area (Å²) in [6.45, 7) is 2.74. The minimum absolute atomic E-state index is 0.0531. The quantitative estimate of drug-likeness (QED) is 0.766. The molecule has 1 aromatic heterocycles. The Kier molecular flexibility index (Phi) is 4.69. The van der Waals surface area contributed by atoms with Gasteiger partial charge in [0.05, 0.1) is 0 Å². The maximum absolute atomic E-state index is 13.9. The lowest BCUT2D eigenvalue weighted by Gasteiger charge is -2.10. The second kappa shape index (κ2) is 6.30. The minimum atomic E-state index is -1.04. The number of halogens is 1. The highest BCUT2D eigenvalue weighted by Crippen LogP contribution is 2.33. The summed E-state index contributed by atoms with van der Waals surface area (Å²) in [5.41, 5.74) is 0.473. The van der Waals surface area contributed by atoms with Crippen molar-refractivity contribution in [2.24, 2.45) is 5.92 Å². The zero-order chi connectivity index (χ0) is 14.7. The van der Waals surface area contributed by atoms with Crippen molar-refractivity contribution in [1.29, 1.82) is 0 Å². The molecule has 4 nitrogen and oxygen atoms in total. The van der Waals surface area contributed by atoms with Gasteiger partial charge in [0.2, 0.25) is 0 Å². The second-order valence-electron chi connectivity index (χ2n) is 4.75. The van der Waals surface area contributed by atoms with Crippen molar-refractivity contribution in [3.63, 3.8) is 0 Å². The van der Waals surface area contributed by atoms with Crippen LogP contribution in [-0.4, -0.2) is 29.3 Å². The largest absolute Gasteiger partial charge is 0.477 e. The molecule has 0 saturated heterocycles. The van der Waals surface area contributed by atoms with Gasteiger partial charge < -0.3 is 15.5 Å². The number of aromatic carboxylic acids is 1. The second-order valence-corrected chi connectivity index (χ2v) is 5.80. The van der Waals surface area contributed by atoms with Gasteiger partial charge in [-0.3, -0.25) is 0 Å². The first-order valence-electron chi connectivity index (χ1n) is 6.29. The molecule has 0 fully saturated rings. The molecule has 1 heterocycles. The molecule has 0 aliphatic rings. The lowest BCUT2D eigenvalue weighted by Crippen LogP contribution is -2.23. The van der Waals surface area contributed by atoms with E-state index >= 15 is 0 Å². The van der Waals surface area contributed by atoms with E-state index in [1.165, 1.54) is 6.07 Å². The first-order valence-corrected chi connectivity index (χ1v) is 7.11. The van der Waals surface area contributed by atoms with Crippen molar-refractivity contribution in [2.75, 3.05) is 13.2 Å². The van der Waals surface area contributed by atoms with E-state index in [0.29, 0.717) is 22.2 Å². The van der Waals surface area contributed by atoms with E-state index in [-0.39, 0.29) is 23.9 Å². The van der Waals surface area contributed by atoms with Gasteiger partial charge in [0.1, 0.15) is 10.7 Å².